The van der Waals surface area contributed by atoms with Crippen molar-refractivity contribution in [3.63, 3.8) is 0 Å². The van der Waals surface area contributed by atoms with Gasteiger partial charge in [0, 0.05) is 45.6 Å². The first-order chi connectivity index (χ1) is 12.7. The molecule has 1 N–H and O–H groups in total. The number of aryl methyl sites for hydroxylation is 2. The van der Waals surface area contributed by atoms with Gasteiger partial charge in [0.1, 0.15) is 12.2 Å². The zero-order valence-corrected chi connectivity index (χ0v) is 16.1. The maximum atomic E-state index is 12.5. The Labute approximate surface area is 156 Å². The van der Waals surface area contributed by atoms with Gasteiger partial charge in [-0.1, -0.05) is 19.3 Å². The molecule has 3 fully saturated rings. The van der Waals surface area contributed by atoms with Crippen molar-refractivity contribution in [3.8, 4) is 0 Å². The van der Waals surface area contributed by atoms with E-state index >= 15 is 0 Å². The van der Waals surface area contributed by atoms with Crippen LogP contribution >= 0.6 is 0 Å². The monoisotopic (exact) mass is 359 g/mol. The lowest BCUT2D eigenvalue weighted by atomic mass is 9.89. The molecule has 0 bridgehead atoms. The number of amides is 1. The fourth-order valence-corrected chi connectivity index (χ4v) is 4.99. The van der Waals surface area contributed by atoms with E-state index in [1.807, 2.05) is 11.6 Å². The van der Waals surface area contributed by atoms with Crippen LogP contribution in [0.2, 0.25) is 0 Å². The molecule has 2 atom stereocenters. The summed E-state index contributed by atoms with van der Waals surface area (Å²) in [5.41, 5.74) is 0. The number of hydrogen-bond donors (Lipinski definition) is 1. The van der Waals surface area contributed by atoms with Crippen LogP contribution in [-0.4, -0.2) is 51.2 Å². The lowest BCUT2D eigenvalue weighted by molar-refractivity contribution is -0.122. The molecular formula is C20H33N5O. The Morgan fingerprint density at radius 1 is 1.19 bits per heavy atom. The smallest absolute Gasteiger partial charge is 0.220 e. The lowest BCUT2D eigenvalue weighted by Gasteiger charge is -2.26. The fourth-order valence-electron chi connectivity index (χ4n) is 4.99. The minimum absolute atomic E-state index is 0.170. The second-order valence-electron chi connectivity index (χ2n) is 8.76. The van der Waals surface area contributed by atoms with Crippen LogP contribution in [0.15, 0.2) is 6.33 Å². The molecule has 0 unspecified atom stereocenters. The maximum absolute atomic E-state index is 12.5. The van der Waals surface area contributed by atoms with E-state index < -0.39 is 0 Å². The highest BCUT2D eigenvalue weighted by Crippen LogP contribution is 2.42. The van der Waals surface area contributed by atoms with Gasteiger partial charge >= 0.3 is 0 Å². The molecule has 3 aliphatic rings. The van der Waals surface area contributed by atoms with Crippen molar-refractivity contribution in [2.24, 2.45) is 24.8 Å². The first-order valence-corrected chi connectivity index (χ1v) is 10.5. The summed E-state index contributed by atoms with van der Waals surface area (Å²) >= 11 is 0. The predicted octanol–water partition coefficient (Wildman–Crippen LogP) is 2.15. The zero-order chi connectivity index (χ0) is 17.9. The summed E-state index contributed by atoms with van der Waals surface area (Å²) in [7, 11) is 1.93. The van der Waals surface area contributed by atoms with Gasteiger partial charge in [-0.25, -0.2) is 0 Å². The minimum atomic E-state index is 0.170. The Morgan fingerprint density at radius 3 is 2.69 bits per heavy atom. The van der Waals surface area contributed by atoms with Gasteiger partial charge in [0.2, 0.25) is 5.91 Å². The molecule has 1 aromatic heterocycles. The zero-order valence-electron chi connectivity index (χ0n) is 16.1. The minimum Gasteiger partial charge on any atom is -0.352 e. The first kappa shape index (κ1) is 18.0. The van der Waals surface area contributed by atoms with Gasteiger partial charge in [0.15, 0.2) is 0 Å². The molecule has 0 spiro atoms. The largest absolute Gasteiger partial charge is 0.352 e. The predicted molar refractivity (Wildman–Crippen MR) is 100 cm³/mol. The van der Waals surface area contributed by atoms with Crippen molar-refractivity contribution in [2.45, 2.75) is 63.8 Å². The van der Waals surface area contributed by atoms with Crippen molar-refractivity contribution >= 4 is 5.91 Å². The molecule has 1 amide bonds. The van der Waals surface area contributed by atoms with Crippen molar-refractivity contribution in [1.29, 1.82) is 0 Å². The Bertz CT molecular complexity index is 605. The molecule has 4 rings (SSSR count). The van der Waals surface area contributed by atoms with Crippen molar-refractivity contribution in [1.82, 2.24) is 25.0 Å². The SMILES string of the molecule is Cn1cnnc1CCC(=O)N[C@H]1CN(CC2CCCCC2)C[C@@H]1C1CC1. The van der Waals surface area contributed by atoms with Crippen LogP contribution < -0.4 is 5.32 Å². The number of likely N-dealkylation sites (tertiary alicyclic amines) is 1. The standard InChI is InChI=1S/C20H33N5O/c1-24-14-21-23-19(24)9-10-20(26)22-18-13-25(12-17(18)16-7-8-16)11-15-5-3-2-4-6-15/h14-18H,2-13H2,1H3,(H,22,26)/t17-,18+/m1/s1. The van der Waals surface area contributed by atoms with E-state index in [9.17, 15) is 4.79 Å². The first-order valence-electron chi connectivity index (χ1n) is 10.5. The molecule has 1 aromatic rings. The van der Waals surface area contributed by atoms with E-state index in [2.05, 4.69) is 20.4 Å². The number of rotatable bonds is 7. The number of carbonyl (C=O) groups excluding carboxylic acids is 1. The summed E-state index contributed by atoms with van der Waals surface area (Å²) in [4.78, 5) is 15.1. The third kappa shape index (κ3) is 4.45. The van der Waals surface area contributed by atoms with Gasteiger partial charge in [-0.2, -0.15) is 0 Å². The van der Waals surface area contributed by atoms with Crippen LogP contribution in [0.4, 0.5) is 0 Å². The maximum Gasteiger partial charge on any atom is 0.220 e. The lowest BCUT2D eigenvalue weighted by Crippen LogP contribution is -2.41. The summed E-state index contributed by atoms with van der Waals surface area (Å²) in [6.07, 6.45) is 12.6. The Morgan fingerprint density at radius 2 is 2.00 bits per heavy atom. The molecule has 2 saturated carbocycles. The van der Waals surface area contributed by atoms with E-state index in [1.165, 1.54) is 58.0 Å². The molecule has 6 heteroatoms. The third-order valence-corrected chi connectivity index (χ3v) is 6.64. The fraction of sp³-hybridized carbons (Fsp3) is 0.850. The summed E-state index contributed by atoms with van der Waals surface area (Å²) in [6.45, 7) is 3.48. The summed E-state index contributed by atoms with van der Waals surface area (Å²) < 4.78 is 1.89. The number of hydrogen-bond acceptors (Lipinski definition) is 4. The van der Waals surface area contributed by atoms with Crippen LogP contribution in [0.1, 0.15) is 57.2 Å². The van der Waals surface area contributed by atoms with Crippen LogP contribution in [0, 0.1) is 17.8 Å². The van der Waals surface area contributed by atoms with E-state index in [4.69, 9.17) is 0 Å². The highest BCUT2D eigenvalue weighted by atomic mass is 16.1. The number of carbonyl (C=O) groups is 1. The molecule has 144 valence electrons. The number of nitrogens with zero attached hydrogens (tertiary/aromatic N) is 4. The molecule has 0 radical (unpaired) electrons. The second-order valence-corrected chi connectivity index (χ2v) is 8.76. The van der Waals surface area contributed by atoms with Crippen molar-refractivity contribution < 1.29 is 4.79 Å². The third-order valence-electron chi connectivity index (χ3n) is 6.64. The highest BCUT2D eigenvalue weighted by Gasteiger charge is 2.43. The van der Waals surface area contributed by atoms with E-state index in [1.54, 1.807) is 6.33 Å². The second kappa shape index (κ2) is 8.07. The van der Waals surface area contributed by atoms with Crippen molar-refractivity contribution in [3.05, 3.63) is 12.2 Å². The molecule has 1 aliphatic heterocycles. The highest BCUT2D eigenvalue weighted by molar-refractivity contribution is 5.76. The summed E-state index contributed by atoms with van der Waals surface area (Å²) in [5.74, 6) is 3.44. The number of nitrogens with one attached hydrogen (secondary N) is 1. The molecule has 2 heterocycles. The van der Waals surface area contributed by atoms with Crippen LogP contribution in [0.3, 0.4) is 0 Å². The van der Waals surface area contributed by atoms with Gasteiger partial charge in [0.25, 0.3) is 0 Å². The number of aromatic nitrogens is 3. The van der Waals surface area contributed by atoms with E-state index in [0.717, 1.165) is 24.2 Å². The van der Waals surface area contributed by atoms with Gasteiger partial charge in [0.05, 0.1) is 0 Å². The van der Waals surface area contributed by atoms with E-state index in [0.29, 0.717) is 24.8 Å². The quantitative estimate of drug-likeness (QED) is 0.810. The normalized spacial score (nSPS) is 27.7. The molecule has 26 heavy (non-hydrogen) atoms. The summed E-state index contributed by atoms with van der Waals surface area (Å²) in [5, 5.41) is 11.3. The Hall–Kier alpha value is -1.43. The van der Waals surface area contributed by atoms with E-state index in [-0.39, 0.29) is 5.91 Å². The topological polar surface area (TPSA) is 63.1 Å². The van der Waals surface area contributed by atoms with Crippen LogP contribution in [0.25, 0.3) is 0 Å². The van der Waals surface area contributed by atoms with Crippen LogP contribution in [0.5, 0.6) is 0 Å². The Balaban J connectivity index is 1.28. The van der Waals surface area contributed by atoms with Gasteiger partial charge in [-0.3, -0.25) is 4.79 Å². The molecule has 0 aromatic carbocycles. The van der Waals surface area contributed by atoms with Gasteiger partial charge in [-0.15, -0.1) is 10.2 Å². The molecule has 2 aliphatic carbocycles. The van der Waals surface area contributed by atoms with Gasteiger partial charge < -0.3 is 14.8 Å². The molecular weight excluding hydrogens is 326 g/mol. The average Bonchev–Trinajstić information content (AvgIpc) is 3.29. The summed E-state index contributed by atoms with van der Waals surface area (Å²) in [6, 6.07) is 0.345. The van der Waals surface area contributed by atoms with Crippen molar-refractivity contribution in [2.75, 3.05) is 19.6 Å². The van der Waals surface area contributed by atoms with Crippen LogP contribution in [-0.2, 0) is 18.3 Å². The molecule has 6 nitrogen and oxygen atoms in total. The van der Waals surface area contributed by atoms with Gasteiger partial charge in [-0.05, 0) is 43.4 Å². The molecule has 1 saturated heterocycles. The Kier molecular flexibility index (Phi) is 5.57. The average molecular weight is 360 g/mol.